The fourth-order valence-corrected chi connectivity index (χ4v) is 0.585. The van der Waals surface area contributed by atoms with Gasteiger partial charge in [0.15, 0.2) is 0 Å². The summed E-state index contributed by atoms with van der Waals surface area (Å²) in [5, 5.41) is 0. The highest BCUT2D eigenvalue weighted by atomic mass is 16.5. The quantitative estimate of drug-likeness (QED) is 0.358. The Balaban J connectivity index is 3.42. The number of carbonyl (C=O) groups excluding carboxylic acids is 1. The summed E-state index contributed by atoms with van der Waals surface area (Å²) in [6, 6.07) is 0. The molecule has 2 heteroatoms. The molecule has 0 bridgehead atoms. The number of carbonyl (C=O) groups is 1. The van der Waals surface area contributed by atoms with Crippen LogP contribution in [0.4, 0.5) is 0 Å². The van der Waals surface area contributed by atoms with Crippen molar-refractivity contribution in [3.8, 4) is 0 Å². The SMILES string of the molecule is CCCC=CC=COC(=O)CC. The third-order valence-electron chi connectivity index (χ3n) is 1.27. The number of unbranched alkanes of at least 4 members (excludes halogenated alkanes) is 1. The van der Waals surface area contributed by atoms with Crippen LogP contribution in [0.5, 0.6) is 0 Å². The van der Waals surface area contributed by atoms with Crippen LogP contribution in [0.15, 0.2) is 24.5 Å². The van der Waals surface area contributed by atoms with Crippen molar-refractivity contribution in [2.45, 2.75) is 33.1 Å². The van der Waals surface area contributed by atoms with E-state index in [2.05, 4.69) is 6.92 Å². The summed E-state index contributed by atoms with van der Waals surface area (Å²) < 4.78 is 4.70. The first-order chi connectivity index (χ1) is 5.81. The molecule has 2 nitrogen and oxygen atoms in total. The van der Waals surface area contributed by atoms with Gasteiger partial charge in [-0.25, -0.2) is 0 Å². The molecule has 0 aliphatic rings. The Bertz CT molecular complexity index is 169. The lowest BCUT2D eigenvalue weighted by atomic mass is 10.3. The molecule has 0 fully saturated rings. The molecule has 0 N–H and O–H groups in total. The van der Waals surface area contributed by atoms with E-state index >= 15 is 0 Å². The average molecular weight is 168 g/mol. The lowest BCUT2D eigenvalue weighted by molar-refractivity contribution is -0.137. The second-order valence-electron chi connectivity index (χ2n) is 2.39. The average Bonchev–Trinajstić information content (AvgIpc) is 2.10. The van der Waals surface area contributed by atoms with Gasteiger partial charge in [-0.3, -0.25) is 4.79 Å². The van der Waals surface area contributed by atoms with E-state index in [9.17, 15) is 4.79 Å². The predicted molar refractivity (Wildman–Crippen MR) is 49.6 cm³/mol. The molecule has 0 aromatic heterocycles. The maximum atomic E-state index is 10.6. The molecule has 0 heterocycles. The van der Waals surface area contributed by atoms with Gasteiger partial charge in [0.1, 0.15) is 0 Å². The number of hydrogen-bond acceptors (Lipinski definition) is 2. The Labute approximate surface area is 73.9 Å². The molecular formula is C10H16O2. The maximum Gasteiger partial charge on any atom is 0.310 e. The Morgan fingerprint density at radius 2 is 2.08 bits per heavy atom. The lowest BCUT2D eigenvalue weighted by Crippen LogP contribution is -1.94. The first-order valence-electron chi connectivity index (χ1n) is 4.32. The number of ether oxygens (including phenoxy) is 1. The van der Waals surface area contributed by atoms with Gasteiger partial charge in [-0.2, -0.15) is 0 Å². The van der Waals surface area contributed by atoms with Gasteiger partial charge in [0, 0.05) is 6.42 Å². The third kappa shape index (κ3) is 7.06. The monoisotopic (exact) mass is 168 g/mol. The fraction of sp³-hybridized carbons (Fsp3) is 0.500. The van der Waals surface area contributed by atoms with Crippen molar-refractivity contribution < 1.29 is 9.53 Å². The molecule has 0 unspecified atom stereocenters. The summed E-state index contributed by atoms with van der Waals surface area (Å²) in [6.07, 6.45) is 9.68. The molecule has 0 aromatic rings. The van der Waals surface area contributed by atoms with Crippen molar-refractivity contribution in [2.75, 3.05) is 0 Å². The number of rotatable bonds is 5. The van der Waals surface area contributed by atoms with Crippen LogP contribution in [0, 0.1) is 0 Å². The minimum atomic E-state index is -0.199. The standard InChI is InChI=1S/C10H16O2/c1-3-5-6-7-8-9-12-10(11)4-2/h6-9H,3-5H2,1-2H3. The van der Waals surface area contributed by atoms with Crippen LogP contribution >= 0.6 is 0 Å². The van der Waals surface area contributed by atoms with Gasteiger partial charge in [0.2, 0.25) is 0 Å². The summed E-state index contributed by atoms with van der Waals surface area (Å²) in [4.78, 5) is 10.6. The Kier molecular flexibility index (Phi) is 7.35. The number of allylic oxidation sites excluding steroid dienone is 3. The molecule has 68 valence electrons. The molecule has 0 aromatic carbocycles. The zero-order valence-corrected chi connectivity index (χ0v) is 7.75. The molecule has 0 spiro atoms. The van der Waals surface area contributed by atoms with Crippen molar-refractivity contribution >= 4 is 5.97 Å². The van der Waals surface area contributed by atoms with E-state index < -0.39 is 0 Å². The van der Waals surface area contributed by atoms with Crippen LogP contribution in [0.1, 0.15) is 33.1 Å². The highest BCUT2D eigenvalue weighted by Crippen LogP contribution is 1.90. The van der Waals surface area contributed by atoms with Crippen molar-refractivity contribution in [1.29, 1.82) is 0 Å². The summed E-state index contributed by atoms with van der Waals surface area (Å²) >= 11 is 0. The van der Waals surface area contributed by atoms with E-state index in [1.165, 1.54) is 6.26 Å². The van der Waals surface area contributed by atoms with Gasteiger partial charge in [0.25, 0.3) is 0 Å². The smallest absolute Gasteiger partial charge is 0.310 e. The predicted octanol–water partition coefficient (Wildman–Crippen LogP) is 2.81. The van der Waals surface area contributed by atoms with E-state index in [1.54, 1.807) is 13.0 Å². The minimum Gasteiger partial charge on any atom is -0.434 e. The van der Waals surface area contributed by atoms with Gasteiger partial charge in [-0.1, -0.05) is 32.4 Å². The van der Waals surface area contributed by atoms with Crippen molar-refractivity contribution in [3.05, 3.63) is 24.5 Å². The van der Waals surface area contributed by atoms with Crippen molar-refractivity contribution in [3.63, 3.8) is 0 Å². The molecule has 0 saturated heterocycles. The van der Waals surface area contributed by atoms with Crippen LogP contribution < -0.4 is 0 Å². The van der Waals surface area contributed by atoms with Crippen LogP contribution in [-0.4, -0.2) is 5.97 Å². The first-order valence-corrected chi connectivity index (χ1v) is 4.32. The van der Waals surface area contributed by atoms with E-state index in [-0.39, 0.29) is 5.97 Å². The summed E-state index contributed by atoms with van der Waals surface area (Å²) in [5.74, 6) is -0.199. The molecular weight excluding hydrogens is 152 g/mol. The van der Waals surface area contributed by atoms with E-state index in [0.29, 0.717) is 6.42 Å². The molecule has 0 amide bonds. The second-order valence-corrected chi connectivity index (χ2v) is 2.39. The van der Waals surface area contributed by atoms with Crippen molar-refractivity contribution in [2.24, 2.45) is 0 Å². The molecule has 12 heavy (non-hydrogen) atoms. The summed E-state index contributed by atoms with van der Waals surface area (Å²) in [5.41, 5.74) is 0. The first kappa shape index (κ1) is 11.0. The van der Waals surface area contributed by atoms with Crippen molar-refractivity contribution in [1.82, 2.24) is 0 Å². The van der Waals surface area contributed by atoms with Crippen LogP contribution in [0.3, 0.4) is 0 Å². The molecule has 0 aliphatic carbocycles. The Hall–Kier alpha value is -1.05. The Morgan fingerprint density at radius 3 is 2.67 bits per heavy atom. The van der Waals surface area contributed by atoms with Gasteiger partial charge in [0.05, 0.1) is 6.26 Å². The highest BCUT2D eigenvalue weighted by Gasteiger charge is 1.90. The largest absolute Gasteiger partial charge is 0.434 e. The third-order valence-corrected chi connectivity index (χ3v) is 1.27. The molecule has 0 aliphatic heterocycles. The van der Waals surface area contributed by atoms with Gasteiger partial charge >= 0.3 is 5.97 Å². The van der Waals surface area contributed by atoms with Gasteiger partial charge in [-0.05, 0) is 12.5 Å². The highest BCUT2D eigenvalue weighted by molar-refractivity contribution is 5.69. The molecule has 0 saturated carbocycles. The molecule has 0 rings (SSSR count). The number of esters is 1. The maximum absolute atomic E-state index is 10.6. The lowest BCUT2D eigenvalue weighted by Gasteiger charge is -1.91. The van der Waals surface area contributed by atoms with Crippen LogP contribution in [-0.2, 0) is 9.53 Å². The second kappa shape index (κ2) is 8.05. The van der Waals surface area contributed by atoms with Crippen LogP contribution in [0.2, 0.25) is 0 Å². The Morgan fingerprint density at radius 1 is 1.33 bits per heavy atom. The van der Waals surface area contributed by atoms with Crippen LogP contribution in [0.25, 0.3) is 0 Å². The van der Waals surface area contributed by atoms with E-state index in [0.717, 1.165) is 12.8 Å². The summed E-state index contributed by atoms with van der Waals surface area (Å²) in [6.45, 7) is 3.88. The minimum absolute atomic E-state index is 0.199. The normalized spacial score (nSPS) is 11.2. The van der Waals surface area contributed by atoms with E-state index in [4.69, 9.17) is 4.74 Å². The zero-order chi connectivity index (χ0) is 9.23. The summed E-state index contributed by atoms with van der Waals surface area (Å²) in [7, 11) is 0. The number of hydrogen-bond donors (Lipinski definition) is 0. The van der Waals surface area contributed by atoms with Gasteiger partial charge in [-0.15, -0.1) is 0 Å². The topological polar surface area (TPSA) is 26.3 Å². The molecule has 0 atom stereocenters. The molecule has 0 radical (unpaired) electrons. The van der Waals surface area contributed by atoms with E-state index in [1.807, 2.05) is 12.2 Å². The fourth-order valence-electron chi connectivity index (χ4n) is 0.585. The zero-order valence-electron chi connectivity index (χ0n) is 7.75. The van der Waals surface area contributed by atoms with Gasteiger partial charge < -0.3 is 4.74 Å².